The number of carbonyl (C=O) groups is 2. The van der Waals surface area contributed by atoms with E-state index < -0.39 is 0 Å². The van der Waals surface area contributed by atoms with Crippen LogP contribution in [-0.4, -0.2) is 41.9 Å². The standard InChI is InChI=1S/C21H23N3O3/c1-15(25)23-20-9-7-16(13-22-20)8-10-21(26)24-12-11-17(14-24)18-5-3-4-6-19(18)27-2/h3-10,13,17H,11-12,14H2,1-2H3,(H,22,23,25). The van der Waals surface area contributed by atoms with E-state index >= 15 is 0 Å². The predicted octanol–water partition coefficient (Wildman–Crippen LogP) is 3.08. The molecule has 1 N–H and O–H groups in total. The fourth-order valence-corrected chi connectivity index (χ4v) is 3.25. The zero-order valence-electron chi connectivity index (χ0n) is 15.5. The molecule has 1 aromatic heterocycles. The van der Waals surface area contributed by atoms with Crippen LogP contribution in [0, 0.1) is 0 Å². The van der Waals surface area contributed by atoms with Crippen molar-refractivity contribution in [2.24, 2.45) is 0 Å². The highest BCUT2D eigenvalue weighted by molar-refractivity contribution is 5.92. The second-order valence-electron chi connectivity index (χ2n) is 6.50. The number of benzene rings is 1. The molecule has 0 saturated carbocycles. The van der Waals surface area contributed by atoms with Gasteiger partial charge in [-0.2, -0.15) is 0 Å². The number of nitrogens with one attached hydrogen (secondary N) is 1. The first kappa shape index (κ1) is 18.6. The fourth-order valence-electron chi connectivity index (χ4n) is 3.25. The van der Waals surface area contributed by atoms with Crippen molar-refractivity contribution in [3.8, 4) is 5.75 Å². The lowest BCUT2D eigenvalue weighted by Crippen LogP contribution is -2.26. The van der Waals surface area contributed by atoms with Crippen LogP contribution >= 0.6 is 0 Å². The van der Waals surface area contributed by atoms with E-state index in [-0.39, 0.29) is 17.7 Å². The van der Waals surface area contributed by atoms with Gasteiger partial charge >= 0.3 is 0 Å². The number of para-hydroxylation sites is 1. The summed E-state index contributed by atoms with van der Waals surface area (Å²) in [6, 6.07) is 11.5. The molecule has 1 unspecified atom stereocenters. The largest absolute Gasteiger partial charge is 0.496 e. The predicted molar refractivity (Wildman–Crippen MR) is 105 cm³/mol. The van der Waals surface area contributed by atoms with Crippen molar-refractivity contribution in [3.05, 3.63) is 59.8 Å². The van der Waals surface area contributed by atoms with Crippen LogP contribution in [0.15, 0.2) is 48.7 Å². The molecular weight excluding hydrogens is 342 g/mol. The van der Waals surface area contributed by atoms with Gasteiger partial charge in [0.05, 0.1) is 7.11 Å². The molecule has 2 aromatic rings. The minimum Gasteiger partial charge on any atom is -0.496 e. The van der Waals surface area contributed by atoms with Gasteiger partial charge in [-0.05, 0) is 41.8 Å². The van der Waals surface area contributed by atoms with E-state index in [0.29, 0.717) is 12.4 Å². The maximum Gasteiger partial charge on any atom is 0.246 e. The lowest BCUT2D eigenvalue weighted by Gasteiger charge is -2.16. The van der Waals surface area contributed by atoms with Crippen molar-refractivity contribution < 1.29 is 14.3 Å². The number of pyridine rings is 1. The number of methoxy groups -OCH3 is 1. The number of carbonyl (C=O) groups excluding carboxylic acids is 2. The first-order chi connectivity index (χ1) is 13.1. The van der Waals surface area contributed by atoms with Gasteiger partial charge in [0, 0.05) is 38.2 Å². The van der Waals surface area contributed by atoms with E-state index in [1.54, 1.807) is 31.5 Å². The highest BCUT2D eigenvalue weighted by atomic mass is 16.5. The molecule has 6 nitrogen and oxygen atoms in total. The second kappa shape index (κ2) is 8.49. The van der Waals surface area contributed by atoms with Crippen LogP contribution in [-0.2, 0) is 9.59 Å². The molecule has 27 heavy (non-hydrogen) atoms. The van der Waals surface area contributed by atoms with Crippen molar-refractivity contribution >= 4 is 23.7 Å². The summed E-state index contributed by atoms with van der Waals surface area (Å²) >= 11 is 0. The van der Waals surface area contributed by atoms with Gasteiger partial charge < -0.3 is 15.0 Å². The Kier molecular flexibility index (Phi) is 5.86. The third kappa shape index (κ3) is 4.73. The molecule has 140 valence electrons. The normalized spacial score (nSPS) is 16.5. The number of hydrogen-bond donors (Lipinski definition) is 1. The molecule has 1 aromatic carbocycles. The Bertz CT molecular complexity index is 846. The summed E-state index contributed by atoms with van der Waals surface area (Å²) in [7, 11) is 1.67. The number of hydrogen-bond acceptors (Lipinski definition) is 4. The Hall–Kier alpha value is -3.15. The molecule has 1 atom stereocenters. The molecule has 3 rings (SSSR count). The number of aromatic nitrogens is 1. The number of rotatable bonds is 5. The molecular formula is C21H23N3O3. The summed E-state index contributed by atoms with van der Waals surface area (Å²) in [6.07, 6.45) is 5.85. The number of ether oxygens (including phenoxy) is 1. The van der Waals surface area contributed by atoms with Crippen LogP contribution in [0.4, 0.5) is 5.82 Å². The lowest BCUT2D eigenvalue weighted by atomic mass is 9.97. The highest BCUT2D eigenvalue weighted by Gasteiger charge is 2.27. The zero-order chi connectivity index (χ0) is 19.2. The minimum absolute atomic E-state index is 0.0154. The van der Waals surface area contributed by atoms with Gasteiger partial charge in [0.15, 0.2) is 0 Å². The topological polar surface area (TPSA) is 71.5 Å². The first-order valence-corrected chi connectivity index (χ1v) is 8.90. The monoisotopic (exact) mass is 365 g/mol. The van der Waals surface area contributed by atoms with E-state index in [4.69, 9.17) is 4.74 Å². The van der Waals surface area contributed by atoms with Crippen molar-refractivity contribution in [3.63, 3.8) is 0 Å². The van der Waals surface area contributed by atoms with Crippen molar-refractivity contribution in [1.82, 2.24) is 9.88 Å². The molecule has 0 radical (unpaired) electrons. The van der Waals surface area contributed by atoms with Gasteiger partial charge in [-0.3, -0.25) is 9.59 Å². The summed E-state index contributed by atoms with van der Waals surface area (Å²) in [5.74, 6) is 1.47. The van der Waals surface area contributed by atoms with Gasteiger partial charge in [0.1, 0.15) is 11.6 Å². The van der Waals surface area contributed by atoms with Crippen LogP contribution in [0.5, 0.6) is 5.75 Å². The Morgan fingerprint density at radius 3 is 2.78 bits per heavy atom. The third-order valence-corrected chi connectivity index (χ3v) is 4.59. The number of anilines is 1. The van der Waals surface area contributed by atoms with E-state index in [1.165, 1.54) is 6.92 Å². The average Bonchev–Trinajstić information content (AvgIpc) is 3.17. The van der Waals surface area contributed by atoms with E-state index in [1.807, 2.05) is 29.2 Å². The maximum atomic E-state index is 12.5. The molecule has 2 amide bonds. The van der Waals surface area contributed by atoms with E-state index in [0.717, 1.165) is 29.8 Å². The van der Waals surface area contributed by atoms with Crippen LogP contribution in [0.3, 0.4) is 0 Å². The smallest absolute Gasteiger partial charge is 0.246 e. The van der Waals surface area contributed by atoms with Crippen molar-refractivity contribution in [1.29, 1.82) is 0 Å². The average molecular weight is 365 g/mol. The van der Waals surface area contributed by atoms with Gasteiger partial charge in [0.2, 0.25) is 11.8 Å². The molecule has 1 aliphatic heterocycles. The van der Waals surface area contributed by atoms with Crippen molar-refractivity contribution in [2.75, 3.05) is 25.5 Å². The number of nitrogens with zero attached hydrogens (tertiary/aromatic N) is 2. The minimum atomic E-state index is -0.167. The van der Waals surface area contributed by atoms with Crippen LogP contribution in [0.25, 0.3) is 6.08 Å². The molecule has 2 heterocycles. The third-order valence-electron chi connectivity index (χ3n) is 4.59. The molecule has 0 spiro atoms. The molecule has 0 aliphatic carbocycles. The maximum absolute atomic E-state index is 12.5. The van der Waals surface area contributed by atoms with Gasteiger partial charge in [-0.25, -0.2) is 4.98 Å². The summed E-state index contributed by atoms with van der Waals surface area (Å²) in [5.41, 5.74) is 1.95. The number of likely N-dealkylation sites (tertiary alicyclic amines) is 1. The van der Waals surface area contributed by atoms with Crippen LogP contribution in [0.2, 0.25) is 0 Å². The fraction of sp³-hybridized carbons (Fsp3) is 0.286. The summed E-state index contributed by atoms with van der Waals surface area (Å²) in [5, 5.41) is 2.61. The molecule has 1 saturated heterocycles. The molecule has 6 heteroatoms. The lowest BCUT2D eigenvalue weighted by molar-refractivity contribution is -0.125. The molecule has 1 fully saturated rings. The quantitative estimate of drug-likeness (QED) is 0.827. The Labute approximate surface area is 158 Å². The summed E-state index contributed by atoms with van der Waals surface area (Å²) in [6.45, 7) is 2.84. The SMILES string of the molecule is COc1ccccc1C1CCN(C(=O)C=Cc2ccc(NC(C)=O)nc2)C1. The van der Waals surface area contributed by atoms with E-state index in [2.05, 4.69) is 16.4 Å². The van der Waals surface area contributed by atoms with Gasteiger partial charge in [0.25, 0.3) is 0 Å². The summed E-state index contributed by atoms with van der Waals surface area (Å²) < 4.78 is 5.44. The van der Waals surface area contributed by atoms with Gasteiger partial charge in [-0.1, -0.05) is 18.2 Å². The van der Waals surface area contributed by atoms with Crippen LogP contribution < -0.4 is 10.1 Å². The highest BCUT2D eigenvalue weighted by Crippen LogP contribution is 2.33. The van der Waals surface area contributed by atoms with Gasteiger partial charge in [-0.15, -0.1) is 0 Å². The Morgan fingerprint density at radius 1 is 1.26 bits per heavy atom. The van der Waals surface area contributed by atoms with Crippen molar-refractivity contribution in [2.45, 2.75) is 19.3 Å². The first-order valence-electron chi connectivity index (χ1n) is 8.90. The Balaban J connectivity index is 1.60. The Morgan fingerprint density at radius 2 is 2.07 bits per heavy atom. The number of amides is 2. The van der Waals surface area contributed by atoms with E-state index in [9.17, 15) is 9.59 Å². The molecule has 1 aliphatic rings. The molecule has 0 bridgehead atoms. The second-order valence-corrected chi connectivity index (χ2v) is 6.50. The zero-order valence-corrected chi connectivity index (χ0v) is 15.5. The van der Waals surface area contributed by atoms with Crippen LogP contribution in [0.1, 0.15) is 30.4 Å². The summed E-state index contributed by atoms with van der Waals surface area (Å²) in [4.78, 5) is 29.5.